The molecule has 0 aromatic heterocycles. The maximum absolute atomic E-state index is 13.1. The number of rotatable bonds is 7. The Bertz CT molecular complexity index is 806. The maximum atomic E-state index is 13.1. The van der Waals surface area contributed by atoms with E-state index in [2.05, 4.69) is 0 Å². The third kappa shape index (κ3) is 4.31. The Morgan fingerprint density at radius 1 is 1.21 bits per heavy atom. The molecule has 0 N–H and O–H groups in total. The summed E-state index contributed by atoms with van der Waals surface area (Å²) in [4.78, 5) is 40.8. The van der Waals surface area contributed by atoms with Gasteiger partial charge in [0.1, 0.15) is 13.2 Å². The first-order chi connectivity index (χ1) is 14.1. The molecule has 1 unspecified atom stereocenters. The molecule has 2 fully saturated rings. The molecule has 2 aliphatic heterocycles. The fourth-order valence-electron chi connectivity index (χ4n) is 3.86. The number of nitrogens with zero attached hydrogens (tertiary/aromatic N) is 2. The lowest BCUT2D eigenvalue weighted by molar-refractivity contribution is -0.144. The number of hydrogen-bond donors (Lipinski definition) is 0. The minimum atomic E-state index is -0.404. The molecule has 1 atom stereocenters. The summed E-state index contributed by atoms with van der Waals surface area (Å²) in [5.41, 5.74) is 0.707. The van der Waals surface area contributed by atoms with Crippen LogP contribution in [0.15, 0.2) is 18.2 Å². The van der Waals surface area contributed by atoms with Gasteiger partial charge in [0.25, 0.3) is 0 Å². The van der Waals surface area contributed by atoms with Gasteiger partial charge in [-0.15, -0.1) is 0 Å². The third-order valence-electron chi connectivity index (χ3n) is 5.44. The molecule has 3 aliphatic rings. The zero-order chi connectivity index (χ0) is 20.4. The molecular weight excluding hydrogens is 376 g/mol. The van der Waals surface area contributed by atoms with Crippen molar-refractivity contribution in [3.8, 4) is 11.5 Å². The van der Waals surface area contributed by atoms with Crippen LogP contribution in [0.4, 0.5) is 5.69 Å². The van der Waals surface area contributed by atoms with Crippen LogP contribution in [0.25, 0.3) is 0 Å². The van der Waals surface area contributed by atoms with Gasteiger partial charge < -0.3 is 24.0 Å². The van der Waals surface area contributed by atoms with Crippen LogP contribution in [0.5, 0.6) is 11.5 Å². The van der Waals surface area contributed by atoms with Gasteiger partial charge in [0.15, 0.2) is 11.5 Å². The number of carbonyl (C=O) groups excluding carboxylic acids is 3. The molecule has 4 rings (SSSR count). The van der Waals surface area contributed by atoms with E-state index in [4.69, 9.17) is 14.2 Å². The highest BCUT2D eigenvalue weighted by Crippen LogP contribution is 2.37. The number of esters is 1. The average molecular weight is 402 g/mol. The molecule has 8 nitrogen and oxygen atoms in total. The smallest absolute Gasteiger partial charge is 0.307 e. The molecule has 8 heteroatoms. The van der Waals surface area contributed by atoms with Crippen LogP contribution in [0, 0.1) is 5.92 Å². The van der Waals surface area contributed by atoms with Gasteiger partial charge in [-0.3, -0.25) is 14.4 Å². The van der Waals surface area contributed by atoms with Crippen LogP contribution < -0.4 is 14.4 Å². The Kier molecular flexibility index (Phi) is 5.60. The molecule has 2 amide bonds. The lowest BCUT2D eigenvalue weighted by atomic mass is 10.1. The van der Waals surface area contributed by atoms with Crippen molar-refractivity contribution in [2.24, 2.45) is 5.92 Å². The summed E-state index contributed by atoms with van der Waals surface area (Å²) in [6.07, 6.45) is 2.25. The second kappa shape index (κ2) is 8.31. The van der Waals surface area contributed by atoms with E-state index < -0.39 is 5.92 Å². The van der Waals surface area contributed by atoms with Crippen LogP contribution in [-0.2, 0) is 19.1 Å². The fraction of sp³-hybridized carbons (Fsp3) is 0.571. The predicted molar refractivity (Wildman–Crippen MR) is 104 cm³/mol. The van der Waals surface area contributed by atoms with Crippen LogP contribution in [0.2, 0.25) is 0 Å². The number of anilines is 1. The van der Waals surface area contributed by atoms with Crippen molar-refractivity contribution in [1.29, 1.82) is 0 Å². The van der Waals surface area contributed by atoms with Crippen molar-refractivity contribution < 1.29 is 28.6 Å². The van der Waals surface area contributed by atoms with Crippen LogP contribution in [0.3, 0.4) is 0 Å². The number of fused-ring (bicyclic) bond motifs is 1. The monoisotopic (exact) mass is 402 g/mol. The van der Waals surface area contributed by atoms with E-state index >= 15 is 0 Å². The van der Waals surface area contributed by atoms with Crippen LogP contribution in [-0.4, -0.2) is 61.6 Å². The van der Waals surface area contributed by atoms with Gasteiger partial charge in [-0.2, -0.15) is 0 Å². The standard InChI is InChI=1S/C21H26N2O6/c1-2-27-20(25)7-8-22(15-3-4-15)21(26)14-11-19(24)23(13-14)16-5-6-17-18(12-16)29-10-9-28-17/h5-6,12,14-15H,2-4,7-11,13H2,1H3. The molecule has 2 heterocycles. The maximum Gasteiger partial charge on any atom is 0.307 e. The quantitative estimate of drug-likeness (QED) is 0.646. The zero-order valence-corrected chi connectivity index (χ0v) is 16.6. The van der Waals surface area contributed by atoms with Gasteiger partial charge >= 0.3 is 5.97 Å². The Morgan fingerprint density at radius 2 is 1.97 bits per heavy atom. The van der Waals surface area contributed by atoms with E-state index in [0.717, 1.165) is 12.8 Å². The minimum absolute atomic E-state index is 0.0507. The normalized spacial score (nSPS) is 20.5. The molecule has 156 valence electrons. The highest BCUT2D eigenvalue weighted by molar-refractivity contribution is 6.00. The summed E-state index contributed by atoms with van der Waals surface area (Å²) >= 11 is 0. The number of carbonyl (C=O) groups is 3. The topological polar surface area (TPSA) is 85.4 Å². The number of amides is 2. The van der Waals surface area contributed by atoms with Crippen molar-refractivity contribution in [3.05, 3.63) is 18.2 Å². The first kappa shape index (κ1) is 19.5. The van der Waals surface area contributed by atoms with E-state index in [1.54, 1.807) is 28.9 Å². The van der Waals surface area contributed by atoms with Crippen LogP contribution in [0.1, 0.15) is 32.6 Å². The van der Waals surface area contributed by atoms with Crippen molar-refractivity contribution in [1.82, 2.24) is 4.90 Å². The largest absolute Gasteiger partial charge is 0.486 e. The predicted octanol–water partition coefficient (Wildman–Crippen LogP) is 1.75. The lowest BCUT2D eigenvalue weighted by Gasteiger charge is -2.25. The Balaban J connectivity index is 1.42. The molecule has 1 saturated heterocycles. The van der Waals surface area contributed by atoms with Gasteiger partial charge in [-0.1, -0.05) is 0 Å². The summed E-state index contributed by atoms with van der Waals surface area (Å²) in [5, 5.41) is 0. The Hall–Kier alpha value is -2.77. The van der Waals surface area contributed by atoms with E-state index in [0.29, 0.717) is 50.1 Å². The molecular formula is C21H26N2O6. The van der Waals surface area contributed by atoms with E-state index in [1.165, 1.54) is 0 Å². The van der Waals surface area contributed by atoms with Crippen molar-refractivity contribution in [2.75, 3.05) is 37.8 Å². The molecule has 0 bridgehead atoms. The van der Waals surface area contributed by atoms with Crippen molar-refractivity contribution in [2.45, 2.75) is 38.6 Å². The minimum Gasteiger partial charge on any atom is -0.486 e. The lowest BCUT2D eigenvalue weighted by Crippen LogP contribution is -2.40. The highest BCUT2D eigenvalue weighted by atomic mass is 16.6. The molecule has 1 aromatic rings. The molecule has 0 radical (unpaired) electrons. The van der Waals surface area contributed by atoms with Gasteiger partial charge in [0, 0.05) is 37.3 Å². The molecule has 1 aliphatic carbocycles. The third-order valence-corrected chi connectivity index (χ3v) is 5.44. The van der Waals surface area contributed by atoms with E-state index in [1.807, 2.05) is 6.07 Å². The molecule has 29 heavy (non-hydrogen) atoms. The highest BCUT2D eigenvalue weighted by Gasteiger charge is 2.41. The van der Waals surface area contributed by atoms with Crippen molar-refractivity contribution >= 4 is 23.5 Å². The van der Waals surface area contributed by atoms with Crippen LogP contribution >= 0.6 is 0 Å². The molecule has 0 spiro atoms. The summed E-state index contributed by atoms with van der Waals surface area (Å²) in [7, 11) is 0. The number of hydrogen-bond acceptors (Lipinski definition) is 6. The van der Waals surface area contributed by atoms with Gasteiger partial charge in [0.2, 0.25) is 11.8 Å². The SMILES string of the molecule is CCOC(=O)CCN(C(=O)C1CC(=O)N(c2ccc3c(c2)OCCO3)C1)C1CC1. The van der Waals surface area contributed by atoms with Gasteiger partial charge in [0.05, 0.1) is 18.9 Å². The van der Waals surface area contributed by atoms with E-state index in [9.17, 15) is 14.4 Å². The second-order valence-corrected chi connectivity index (χ2v) is 7.55. The Labute approximate surface area is 169 Å². The first-order valence-corrected chi connectivity index (χ1v) is 10.2. The van der Waals surface area contributed by atoms with Gasteiger partial charge in [-0.25, -0.2) is 0 Å². The summed E-state index contributed by atoms with van der Waals surface area (Å²) in [5.74, 6) is 0.444. The first-order valence-electron chi connectivity index (χ1n) is 10.2. The Morgan fingerprint density at radius 3 is 2.69 bits per heavy atom. The summed E-state index contributed by atoms with van der Waals surface area (Å²) < 4.78 is 16.1. The fourth-order valence-corrected chi connectivity index (χ4v) is 3.86. The van der Waals surface area contributed by atoms with Gasteiger partial charge in [-0.05, 0) is 31.9 Å². The van der Waals surface area contributed by atoms with Crippen molar-refractivity contribution in [3.63, 3.8) is 0 Å². The summed E-state index contributed by atoms with van der Waals surface area (Å²) in [6, 6.07) is 5.58. The average Bonchev–Trinajstić information content (AvgIpc) is 3.48. The molecule has 1 aromatic carbocycles. The number of ether oxygens (including phenoxy) is 3. The second-order valence-electron chi connectivity index (χ2n) is 7.55. The zero-order valence-electron chi connectivity index (χ0n) is 16.6. The summed E-state index contributed by atoms with van der Waals surface area (Å²) in [6.45, 7) is 3.75. The molecule has 1 saturated carbocycles. The van der Waals surface area contributed by atoms with E-state index in [-0.39, 0.29) is 36.7 Å². The number of benzene rings is 1.